The molecular formula is C14H17N3O3S. The lowest BCUT2D eigenvalue weighted by Crippen LogP contribution is -2.02. The van der Waals surface area contributed by atoms with Crippen LogP contribution in [0.5, 0.6) is 5.75 Å². The molecule has 1 aromatic carbocycles. The van der Waals surface area contributed by atoms with Crippen LogP contribution in [0.3, 0.4) is 0 Å². The molecular weight excluding hydrogens is 290 g/mol. The van der Waals surface area contributed by atoms with Crippen molar-refractivity contribution in [1.29, 1.82) is 0 Å². The van der Waals surface area contributed by atoms with Gasteiger partial charge in [-0.3, -0.25) is 10.1 Å². The number of rotatable bonds is 7. The monoisotopic (exact) mass is 307 g/mol. The number of thiazole rings is 1. The highest BCUT2D eigenvalue weighted by atomic mass is 32.1. The molecule has 0 radical (unpaired) electrons. The largest absolute Gasteiger partial charge is 0.487 e. The molecule has 0 fully saturated rings. The SMILES string of the molecule is CCCOc1cc(NCc2ncc(C)s2)ccc1[N+](=O)[O-]. The van der Waals surface area contributed by atoms with Crippen molar-refractivity contribution in [2.75, 3.05) is 11.9 Å². The zero-order valence-corrected chi connectivity index (χ0v) is 12.8. The number of nitrogens with zero attached hydrogens (tertiary/aromatic N) is 2. The summed E-state index contributed by atoms with van der Waals surface area (Å²) in [6.45, 7) is 5.00. The van der Waals surface area contributed by atoms with Crippen LogP contribution in [0.2, 0.25) is 0 Å². The maximum absolute atomic E-state index is 11.0. The number of aryl methyl sites for hydroxylation is 1. The maximum Gasteiger partial charge on any atom is 0.311 e. The quantitative estimate of drug-likeness (QED) is 0.622. The topological polar surface area (TPSA) is 77.3 Å². The molecule has 112 valence electrons. The molecule has 0 spiro atoms. The Morgan fingerprint density at radius 3 is 2.90 bits per heavy atom. The molecule has 7 heteroatoms. The molecule has 0 unspecified atom stereocenters. The van der Waals surface area contributed by atoms with Crippen molar-refractivity contribution < 1.29 is 9.66 Å². The molecule has 0 aliphatic heterocycles. The maximum atomic E-state index is 11.0. The molecule has 0 bridgehead atoms. The molecule has 21 heavy (non-hydrogen) atoms. The number of ether oxygens (including phenoxy) is 1. The van der Waals surface area contributed by atoms with E-state index in [2.05, 4.69) is 10.3 Å². The summed E-state index contributed by atoms with van der Waals surface area (Å²) in [5.74, 6) is 0.294. The Morgan fingerprint density at radius 1 is 1.48 bits per heavy atom. The van der Waals surface area contributed by atoms with E-state index in [0.29, 0.717) is 18.9 Å². The van der Waals surface area contributed by atoms with E-state index in [1.165, 1.54) is 6.07 Å². The number of nitro benzene ring substituents is 1. The summed E-state index contributed by atoms with van der Waals surface area (Å²) < 4.78 is 5.45. The average molecular weight is 307 g/mol. The first-order chi connectivity index (χ1) is 10.1. The molecule has 0 aliphatic carbocycles. The van der Waals surface area contributed by atoms with Crippen LogP contribution in [-0.4, -0.2) is 16.5 Å². The second-order valence-corrected chi connectivity index (χ2v) is 5.83. The van der Waals surface area contributed by atoms with Crippen LogP contribution in [0, 0.1) is 17.0 Å². The summed E-state index contributed by atoms with van der Waals surface area (Å²) in [7, 11) is 0. The number of nitrogens with one attached hydrogen (secondary N) is 1. The summed E-state index contributed by atoms with van der Waals surface area (Å²) in [6.07, 6.45) is 2.63. The lowest BCUT2D eigenvalue weighted by atomic mass is 10.2. The van der Waals surface area contributed by atoms with Gasteiger partial charge in [0, 0.05) is 28.9 Å². The van der Waals surface area contributed by atoms with Crippen LogP contribution in [0.25, 0.3) is 0 Å². The molecule has 0 aliphatic rings. The van der Waals surface area contributed by atoms with Gasteiger partial charge in [-0.2, -0.15) is 0 Å². The van der Waals surface area contributed by atoms with Gasteiger partial charge in [0.25, 0.3) is 0 Å². The highest BCUT2D eigenvalue weighted by Crippen LogP contribution is 2.30. The van der Waals surface area contributed by atoms with Crippen LogP contribution in [-0.2, 0) is 6.54 Å². The number of benzene rings is 1. The number of aromatic nitrogens is 1. The number of hydrogen-bond donors (Lipinski definition) is 1. The van der Waals surface area contributed by atoms with Crippen LogP contribution >= 0.6 is 11.3 Å². The molecule has 2 aromatic rings. The average Bonchev–Trinajstić information content (AvgIpc) is 2.88. The minimum Gasteiger partial charge on any atom is -0.487 e. The molecule has 0 atom stereocenters. The van der Waals surface area contributed by atoms with Crippen molar-refractivity contribution >= 4 is 22.7 Å². The molecule has 0 amide bonds. The van der Waals surface area contributed by atoms with Crippen molar-refractivity contribution in [2.45, 2.75) is 26.8 Å². The molecule has 1 N–H and O–H groups in total. The molecule has 0 saturated carbocycles. The van der Waals surface area contributed by atoms with Gasteiger partial charge in [-0.05, 0) is 19.4 Å². The Balaban J connectivity index is 2.10. The number of hydrogen-bond acceptors (Lipinski definition) is 6. The van der Waals surface area contributed by atoms with Gasteiger partial charge >= 0.3 is 5.69 Å². The first-order valence-corrected chi connectivity index (χ1v) is 7.48. The molecule has 0 saturated heterocycles. The Hall–Kier alpha value is -2.15. The van der Waals surface area contributed by atoms with Crippen LogP contribution < -0.4 is 10.1 Å². The van der Waals surface area contributed by atoms with Crippen molar-refractivity contribution in [3.63, 3.8) is 0 Å². The third-order valence-corrected chi connectivity index (χ3v) is 3.64. The van der Waals surface area contributed by atoms with Crippen molar-refractivity contribution in [1.82, 2.24) is 4.98 Å². The molecule has 2 rings (SSSR count). The molecule has 6 nitrogen and oxygen atoms in total. The highest BCUT2D eigenvalue weighted by Gasteiger charge is 2.15. The lowest BCUT2D eigenvalue weighted by Gasteiger charge is -2.09. The van der Waals surface area contributed by atoms with E-state index >= 15 is 0 Å². The van der Waals surface area contributed by atoms with Crippen molar-refractivity contribution in [3.8, 4) is 5.75 Å². The van der Waals surface area contributed by atoms with E-state index in [1.807, 2.05) is 20.0 Å². The molecule has 1 aromatic heterocycles. The smallest absolute Gasteiger partial charge is 0.311 e. The third kappa shape index (κ3) is 4.16. The number of anilines is 1. The minimum absolute atomic E-state index is 0.0147. The Kier molecular flexibility index (Phi) is 5.10. The Bertz CT molecular complexity index is 628. The van der Waals surface area contributed by atoms with Gasteiger partial charge in [-0.25, -0.2) is 4.98 Å². The van der Waals surface area contributed by atoms with Crippen LogP contribution in [0.1, 0.15) is 23.2 Å². The minimum atomic E-state index is -0.432. The van der Waals surface area contributed by atoms with Gasteiger partial charge in [0.2, 0.25) is 0 Å². The molecule has 1 heterocycles. The van der Waals surface area contributed by atoms with E-state index in [9.17, 15) is 10.1 Å². The van der Waals surface area contributed by atoms with Gasteiger partial charge in [0.15, 0.2) is 5.75 Å². The fourth-order valence-electron chi connectivity index (χ4n) is 1.76. The lowest BCUT2D eigenvalue weighted by molar-refractivity contribution is -0.385. The van der Waals surface area contributed by atoms with Gasteiger partial charge in [0.05, 0.1) is 18.1 Å². The second-order valence-electron chi connectivity index (χ2n) is 4.51. The predicted molar refractivity (Wildman–Crippen MR) is 83.1 cm³/mol. The predicted octanol–water partition coefficient (Wildman–Crippen LogP) is 3.76. The Morgan fingerprint density at radius 2 is 2.29 bits per heavy atom. The highest BCUT2D eigenvalue weighted by molar-refractivity contribution is 7.11. The van der Waals surface area contributed by atoms with E-state index in [4.69, 9.17) is 4.74 Å². The van der Waals surface area contributed by atoms with Gasteiger partial charge < -0.3 is 10.1 Å². The van der Waals surface area contributed by atoms with E-state index < -0.39 is 4.92 Å². The van der Waals surface area contributed by atoms with Crippen LogP contribution in [0.4, 0.5) is 11.4 Å². The van der Waals surface area contributed by atoms with E-state index in [-0.39, 0.29) is 5.69 Å². The summed E-state index contributed by atoms with van der Waals surface area (Å²) in [5, 5.41) is 15.2. The van der Waals surface area contributed by atoms with Crippen molar-refractivity contribution in [2.24, 2.45) is 0 Å². The first-order valence-electron chi connectivity index (χ1n) is 6.66. The van der Waals surface area contributed by atoms with Gasteiger partial charge in [-0.15, -0.1) is 11.3 Å². The summed E-state index contributed by atoms with van der Waals surface area (Å²) in [4.78, 5) is 16.0. The zero-order valence-electron chi connectivity index (χ0n) is 12.0. The third-order valence-electron chi connectivity index (χ3n) is 2.73. The number of nitro groups is 1. The van der Waals surface area contributed by atoms with Crippen molar-refractivity contribution in [3.05, 3.63) is 44.4 Å². The summed E-state index contributed by atoms with van der Waals surface area (Å²) in [6, 6.07) is 4.80. The Labute approximate surface area is 126 Å². The fourth-order valence-corrected chi connectivity index (χ4v) is 2.49. The van der Waals surface area contributed by atoms with E-state index in [1.54, 1.807) is 23.5 Å². The van der Waals surface area contributed by atoms with Gasteiger partial charge in [0.1, 0.15) is 5.01 Å². The normalized spacial score (nSPS) is 10.4. The zero-order chi connectivity index (χ0) is 15.2. The van der Waals surface area contributed by atoms with E-state index in [0.717, 1.165) is 22.0 Å². The summed E-state index contributed by atoms with van der Waals surface area (Å²) >= 11 is 1.62. The van der Waals surface area contributed by atoms with Crippen LogP contribution in [0.15, 0.2) is 24.4 Å². The fraction of sp³-hybridized carbons (Fsp3) is 0.357. The standard InChI is InChI=1S/C14H17N3O3S/c1-3-6-20-13-7-11(4-5-12(13)17(18)19)15-9-14-16-8-10(2)21-14/h4-5,7-8,15H,3,6,9H2,1-2H3. The van der Waals surface area contributed by atoms with Gasteiger partial charge in [-0.1, -0.05) is 6.92 Å². The first kappa shape index (κ1) is 15.2. The second kappa shape index (κ2) is 7.03. The summed E-state index contributed by atoms with van der Waals surface area (Å²) in [5.41, 5.74) is 0.763.